The van der Waals surface area contributed by atoms with E-state index in [2.05, 4.69) is 0 Å². The summed E-state index contributed by atoms with van der Waals surface area (Å²) in [5.74, 6) is -0.331. The smallest absolute Gasteiger partial charge is 0.345 e. The zero-order valence-electron chi connectivity index (χ0n) is 10.6. The first-order chi connectivity index (χ1) is 8.84. The lowest BCUT2D eigenvalue weighted by atomic mass is 10.2. The van der Waals surface area contributed by atoms with Crippen LogP contribution in [0.3, 0.4) is 0 Å². The van der Waals surface area contributed by atoms with Gasteiger partial charge in [0.1, 0.15) is 4.88 Å². The summed E-state index contributed by atoms with van der Waals surface area (Å²) in [6, 6.07) is 1.15. The van der Waals surface area contributed by atoms with Crippen molar-refractivity contribution in [3.05, 3.63) is 16.3 Å². The number of carboxylic acid groups (broad SMARTS) is 1. The summed E-state index contributed by atoms with van der Waals surface area (Å²) in [6.07, 6.45) is 0. The van der Waals surface area contributed by atoms with Crippen molar-refractivity contribution in [1.29, 1.82) is 0 Å². The van der Waals surface area contributed by atoms with Gasteiger partial charge in [0.05, 0.1) is 4.90 Å². The number of carboxylic acids is 1. The molecule has 2 heterocycles. The van der Waals surface area contributed by atoms with Gasteiger partial charge in [-0.15, -0.1) is 11.3 Å². The Bertz CT molecular complexity index is 581. The fourth-order valence-corrected chi connectivity index (χ4v) is 6.04. The maximum atomic E-state index is 12.5. The fourth-order valence-electron chi connectivity index (χ4n) is 1.95. The molecule has 1 aliphatic rings. The van der Waals surface area contributed by atoms with Crippen molar-refractivity contribution < 1.29 is 18.3 Å². The number of rotatable bonds is 3. The number of nitrogens with zero attached hydrogens (tertiary/aromatic N) is 1. The van der Waals surface area contributed by atoms with Gasteiger partial charge in [-0.3, -0.25) is 0 Å². The van der Waals surface area contributed by atoms with Crippen LogP contribution >= 0.6 is 23.1 Å². The van der Waals surface area contributed by atoms with Gasteiger partial charge in [0, 0.05) is 29.0 Å². The Morgan fingerprint density at radius 2 is 2.16 bits per heavy atom. The summed E-state index contributed by atoms with van der Waals surface area (Å²) in [4.78, 5) is 11.0. The summed E-state index contributed by atoms with van der Waals surface area (Å²) in [5, 5.41) is 10.5. The van der Waals surface area contributed by atoms with Gasteiger partial charge in [-0.1, -0.05) is 6.92 Å². The summed E-state index contributed by atoms with van der Waals surface area (Å²) < 4.78 is 26.5. The number of hydrogen-bond acceptors (Lipinski definition) is 5. The maximum Gasteiger partial charge on any atom is 0.345 e. The quantitative estimate of drug-likeness (QED) is 0.921. The van der Waals surface area contributed by atoms with Crippen molar-refractivity contribution >= 4 is 39.1 Å². The third-order valence-electron chi connectivity index (χ3n) is 3.22. The molecule has 1 aromatic rings. The molecule has 0 spiro atoms. The number of aromatic carboxylic acids is 1. The second kappa shape index (κ2) is 5.43. The third kappa shape index (κ3) is 2.81. The Morgan fingerprint density at radius 1 is 1.47 bits per heavy atom. The molecular formula is C11H15NO4S3. The predicted molar refractivity (Wildman–Crippen MR) is 76.6 cm³/mol. The van der Waals surface area contributed by atoms with Crippen LogP contribution in [0.1, 0.15) is 23.5 Å². The molecule has 0 bridgehead atoms. The van der Waals surface area contributed by atoms with Crippen molar-refractivity contribution in [2.45, 2.75) is 30.0 Å². The first kappa shape index (κ1) is 14.8. The van der Waals surface area contributed by atoms with Gasteiger partial charge in [0.25, 0.3) is 0 Å². The van der Waals surface area contributed by atoms with E-state index in [1.807, 2.05) is 13.8 Å². The molecule has 1 fully saturated rings. The van der Waals surface area contributed by atoms with Crippen molar-refractivity contribution in [1.82, 2.24) is 4.31 Å². The molecule has 2 atom stereocenters. The number of sulfonamides is 1. The van der Waals surface area contributed by atoms with Gasteiger partial charge < -0.3 is 5.11 Å². The normalized spacial score (nSPS) is 25.4. The monoisotopic (exact) mass is 321 g/mol. The molecule has 19 heavy (non-hydrogen) atoms. The van der Waals surface area contributed by atoms with Crippen molar-refractivity contribution in [2.24, 2.45) is 0 Å². The van der Waals surface area contributed by atoms with Crippen molar-refractivity contribution in [2.75, 3.05) is 12.3 Å². The molecule has 1 aliphatic heterocycles. The summed E-state index contributed by atoms with van der Waals surface area (Å²) in [6.45, 7) is 4.36. The van der Waals surface area contributed by atoms with Crippen LogP contribution in [-0.2, 0) is 10.0 Å². The Labute approximate surface area is 120 Å². The molecule has 0 amide bonds. The van der Waals surface area contributed by atoms with Crippen molar-refractivity contribution in [3.8, 4) is 0 Å². The molecule has 106 valence electrons. The molecule has 0 aromatic carbocycles. The van der Waals surface area contributed by atoms with Crippen LogP contribution < -0.4 is 0 Å². The van der Waals surface area contributed by atoms with E-state index in [0.29, 0.717) is 6.54 Å². The maximum absolute atomic E-state index is 12.5. The molecule has 2 unspecified atom stereocenters. The van der Waals surface area contributed by atoms with E-state index in [4.69, 9.17) is 5.11 Å². The van der Waals surface area contributed by atoms with Gasteiger partial charge in [0.2, 0.25) is 10.0 Å². The molecule has 0 aliphatic carbocycles. The Kier molecular flexibility index (Phi) is 4.24. The van der Waals surface area contributed by atoms with Gasteiger partial charge >= 0.3 is 5.97 Å². The van der Waals surface area contributed by atoms with Gasteiger partial charge in [-0.2, -0.15) is 16.1 Å². The number of thiophene rings is 1. The van der Waals surface area contributed by atoms with Crippen LogP contribution in [0.4, 0.5) is 0 Å². The molecule has 1 saturated heterocycles. The summed E-state index contributed by atoms with van der Waals surface area (Å²) in [7, 11) is -3.59. The predicted octanol–water partition coefficient (Wildman–Crippen LogP) is 1.96. The average Bonchev–Trinajstić information content (AvgIpc) is 2.82. The molecule has 5 nitrogen and oxygen atoms in total. The minimum absolute atomic E-state index is 0.0469. The number of carbonyl (C=O) groups is 1. The van der Waals surface area contributed by atoms with E-state index < -0.39 is 16.0 Å². The van der Waals surface area contributed by atoms with E-state index >= 15 is 0 Å². The third-order valence-corrected chi connectivity index (χ3v) is 7.59. The van der Waals surface area contributed by atoms with Crippen LogP contribution in [0.25, 0.3) is 0 Å². The Hall–Kier alpha value is -0.570. The average molecular weight is 321 g/mol. The van der Waals surface area contributed by atoms with E-state index in [-0.39, 0.29) is 21.1 Å². The lowest BCUT2D eigenvalue weighted by molar-refractivity contribution is 0.0702. The van der Waals surface area contributed by atoms with Crippen molar-refractivity contribution in [3.63, 3.8) is 0 Å². The molecule has 0 radical (unpaired) electrons. The first-order valence-corrected chi connectivity index (χ1v) is 9.16. The van der Waals surface area contributed by atoms with E-state index in [1.54, 1.807) is 11.8 Å². The topological polar surface area (TPSA) is 74.7 Å². The molecular weight excluding hydrogens is 306 g/mol. The molecule has 8 heteroatoms. The Morgan fingerprint density at radius 3 is 2.74 bits per heavy atom. The van der Waals surface area contributed by atoms with Crippen LogP contribution in [-0.4, -0.2) is 47.4 Å². The van der Waals surface area contributed by atoms with Gasteiger partial charge in [0.15, 0.2) is 0 Å². The standard InChI is InChI=1S/C11H15NO4S3/c1-7-8(2)17-4-3-12(7)19(15,16)9-5-10(11(13)14)18-6-9/h5-8H,3-4H2,1-2H3,(H,13,14). The number of hydrogen-bond donors (Lipinski definition) is 1. The minimum Gasteiger partial charge on any atom is -0.477 e. The zero-order chi connectivity index (χ0) is 14.2. The highest BCUT2D eigenvalue weighted by molar-refractivity contribution is 8.00. The first-order valence-electron chi connectivity index (χ1n) is 5.79. The van der Waals surface area contributed by atoms with Crippen LogP contribution in [0.2, 0.25) is 0 Å². The highest BCUT2D eigenvalue weighted by atomic mass is 32.2. The van der Waals surface area contributed by atoms with Gasteiger partial charge in [-0.05, 0) is 13.0 Å². The van der Waals surface area contributed by atoms with Crippen LogP contribution in [0, 0.1) is 0 Å². The van der Waals surface area contributed by atoms with E-state index in [0.717, 1.165) is 17.1 Å². The highest BCUT2D eigenvalue weighted by Gasteiger charge is 2.35. The molecule has 2 rings (SSSR count). The lowest BCUT2D eigenvalue weighted by Gasteiger charge is -2.36. The number of thioether (sulfide) groups is 1. The van der Waals surface area contributed by atoms with E-state index in [1.165, 1.54) is 15.8 Å². The van der Waals surface area contributed by atoms with Crippen LogP contribution in [0.5, 0.6) is 0 Å². The zero-order valence-corrected chi connectivity index (χ0v) is 13.0. The second-order valence-corrected chi connectivity index (χ2v) is 8.67. The summed E-state index contributed by atoms with van der Waals surface area (Å²) in [5.41, 5.74) is 0. The second-order valence-electron chi connectivity index (χ2n) is 4.38. The molecule has 1 aromatic heterocycles. The molecule has 0 saturated carbocycles. The SMILES string of the molecule is CC1SCCN(S(=O)(=O)c2csc(C(=O)O)c2)C1C. The van der Waals surface area contributed by atoms with E-state index in [9.17, 15) is 13.2 Å². The largest absolute Gasteiger partial charge is 0.477 e. The lowest BCUT2D eigenvalue weighted by Crippen LogP contribution is -2.47. The minimum atomic E-state index is -3.59. The van der Waals surface area contributed by atoms with Crippen LogP contribution in [0.15, 0.2) is 16.3 Å². The fraction of sp³-hybridized carbons (Fsp3) is 0.545. The highest BCUT2D eigenvalue weighted by Crippen LogP contribution is 2.31. The molecule has 1 N–H and O–H groups in total. The Balaban J connectivity index is 2.33. The summed E-state index contributed by atoms with van der Waals surface area (Å²) >= 11 is 2.69. The van der Waals surface area contributed by atoms with Gasteiger partial charge in [-0.25, -0.2) is 13.2 Å².